The van der Waals surface area contributed by atoms with E-state index in [0.717, 1.165) is 11.4 Å². The first-order valence-electron chi connectivity index (χ1n) is 7.60. The lowest BCUT2D eigenvalue weighted by Gasteiger charge is -2.17. The first-order valence-corrected chi connectivity index (χ1v) is 7.60. The van der Waals surface area contributed by atoms with Crippen molar-refractivity contribution in [3.8, 4) is 5.75 Å². The van der Waals surface area contributed by atoms with Crippen LogP contribution in [0.15, 0.2) is 30.7 Å². The molecule has 0 radical (unpaired) electrons. The van der Waals surface area contributed by atoms with Crippen LogP contribution in [-0.4, -0.2) is 16.6 Å². The number of hydrogen-bond acceptors (Lipinski definition) is 3. The summed E-state index contributed by atoms with van der Waals surface area (Å²) < 4.78 is 8.35. The lowest BCUT2D eigenvalue weighted by molar-refractivity contribution is 0.289. The Hall–Kier alpha value is -1.81. The van der Waals surface area contributed by atoms with Gasteiger partial charge in [0.15, 0.2) is 0 Å². The minimum absolute atomic E-state index is 0.272. The Labute approximate surface area is 126 Å². The van der Waals surface area contributed by atoms with Gasteiger partial charge >= 0.3 is 0 Å². The molecule has 1 saturated carbocycles. The summed E-state index contributed by atoms with van der Waals surface area (Å²) in [6.45, 7) is 4.81. The molecule has 1 aliphatic carbocycles. The molecular formula is C17H23N3O. The van der Waals surface area contributed by atoms with Crippen LogP contribution in [0.2, 0.25) is 0 Å². The fourth-order valence-corrected chi connectivity index (χ4v) is 2.56. The second-order valence-electron chi connectivity index (χ2n) is 5.86. The largest absolute Gasteiger partial charge is 0.487 e. The number of imidazole rings is 1. The Morgan fingerprint density at radius 1 is 1.43 bits per heavy atom. The van der Waals surface area contributed by atoms with E-state index in [1.165, 1.54) is 24.0 Å². The number of rotatable bonds is 6. The highest BCUT2D eigenvalue weighted by molar-refractivity contribution is 5.39. The van der Waals surface area contributed by atoms with Crippen LogP contribution in [-0.2, 0) is 6.61 Å². The number of ether oxygens (including phenoxy) is 1. The molecule has 1 heterocycles. The maximum atomic E-state index is 6.10. The molecule has 1 unspecified atom stereocenters. The molecule has 112 valence electrons. The standard InChI is InChI=1S/C17H23N3O/c1-12-4-7-16(13(2)18-3)17(8-12)21-10-15-9-19-11-20(15)14-5-6-14/h4,7-9,11,13-14,18H,5-6,10H2,1-3H3. The minimum Gasteiger partial charge on any atom is -0.487 e. The van der Waals surface area contributed by atoms with Gasteiger partial charge < -0.3 is 14.6 Å². The predicted octanol–water partition coefficient (Wildman–Crippen LogP) is 3.39. The molecule has 1 aliphatic rings. The quantitative estimate of drug-likeness (QED) is 0.884. The molecule has 0 aliphatic heterocycles. The first-order chi connectivity index (χ1) is 10.2. The normalized spacial score (nSPS) is 16.0. The summed E-state index contributed by atoms with van der Waals surface area (Å²) >= 11 is 0. The van der Waals surface area contributed by atoms with Crippen molar-refractivity contribution in [2.45, 2.75) is 45.4 Å². The van der Waals surface area contributed by atoms with Crippen LogP contribution < -0.4 is 10.1 Å². The number of nitrogens with one attached hydrogen (secondary N) is 1. The van der Waals surface area contributed by atoms with Gasteiger partial charge in [-0.2, -0.15) is 0 Å². The Morgan fingerprint density at radius 2 is 2.24 bits per heavy atom. The fraction of sp³-hybridized carbons (Fsp3) is 0.471. The molecule has 0 saturated heterocycles. The molecule has 0 amide bonds. The van der Waals surface area contributed by atoms with Gasteiger partial charge in [-0.05, 0) is 45.4 Å². The Kier molecular flexibility index (Phi) is 3.97. The summed E-state index contributed by atoms with van der Waals surface area (Å²) in [7, 11) is 1.97. The van der Waals surface area contributed by atoms with Gasteiger partial charge in [0.1, 0.15) is 12.4 Å². The highest BCUT2D eigenvalue weighted by Crippen LogP contribution is 2.36. The van der Waals surface area contributed by atoms with E-state index in [2.05, 4.69) is 46.9 Å². The van der Waals surface area contributed by atoms with Gasteiger partial charge in [0.05, 0.1) is 18.2 Å². The summed E-state index contributed by atoms with van der Waals surface area (Å²) in [5, 5.41) is 3.28. The van der Waals surface area contributed by atoms with E-state index in [-0.39, 0.29) is 6.04 Å². The van der Waals surface area contributed by atoms with Gasteiger partial charge in [-0.25, -0.2) is 4.98 Å². The molecular weight excluding hydrogens is 262 g/mol. The van der Waals surface area contributed by atoms with Crippen molar-refractivity contribution in [1.29, 1.82) is 0 Å². The van der Waals surface area contributed by atoms with Crippen LogP contribution in [0.1, 0.15) is 48.7 Å². The van der Waals surface area contributed by atoms with Gasteiger partial charge in [-0.1, -0.05) is 12.1 Å². The third-order valence-corrected chi connectivity index (χ3v) is 4.13. The maximum absolute atomic E-state index is 6.10. The van der Waals surface area contributed by atoms with E-state index in [1.54, 1.807) is 0 Å². The second kappa shape index (κ2) is 5.90. The topological polar surface area (TPSA) is 39.1 Å². The molecule has 4 heteroatoms. The lowest BCUT2D eigenvalue weighted by Crippen LogP contribution is -2.14. The van der Waals surface area contributed by atoms with Crippen LogP contribution in [0.5, 0.6) is 5.75 Å². The van der Waals surface area contributed by atoms with E-state index < -0.39 is 0 Å². The zero-order chi connectivity index (χ0) is 14.8. The van der Waals surface area contributed by atoms with Gasteiger partial charge in [0.2, 0.25) is 0 Å². The molecule has 2 aromatic rings. The Balaban J connectivity index is 1.77. The highest BCUT2D eigenvalue weighted by Gasteiger charge is 2.25. The molecule has 4 nitrogen and oxygen atoms in total. The third kappa shape index (κ3) is 3.10. The van der Waals surface area contributed by atoms with E-state index in [1.807, 2.05) is 19.6 Å². The molecule has 1 fully saturated rings. The van der Waals surface area contributed by atoms with E-state index >= 15 is 0 Å². The summed E-state index contributed by atoms with van der Waals surface area (Å²) in [4.78, 5) is 4.26. The van der Waals surface area contributed by atoms with Crippen LogP contribution in [0.4, 0.5) is 0 Å². The number of nitrogens with zero attached hydrogens (tertiary/aromatic N) is 2. The minimum atomic E-state index is 0.272. The molecule has 0 spiro atoms. The van der Waals surface area contributed by atoms with E-state index in [9.17, 15) is 0 Å². The van der Waals surface area contributed by atoms with Crippen molar-refractivity contribution in [3.63, 3.8) is 0 Å². The van der Waals surface area contributed by atoms with Gasteiger partial charge in [0.25, 0.3) is 0 Å². The SMILES string of the molecule is CNC(C)c1ccc(C)cc1OCc1cncn1C1CC1. The molecule has 1 aromatic carbocycles. The Bertz CT molecular complexity index is 616. The van der Waals surface area contributed by atoms with Gasteiger partial charge in [0, 0.05) is 17.6 Å². The number of aryl methyl sites for hydroxylation is 1. The second-order valence-corrected chi connectivity index (χ2v) is 5.86. The van der Waals surface area contributed by atoms with Crippen LogP contribution >= 0.6 is 0 Å². The van der Waals surface area contributed by atoms with Crippen LogP contribution in [0.25, 0.3) is 0 Å². The third-order valence-electron chi connectivity index (χ3n) is 4.13. The fourth-order valence-electron chi connectivity index (χ4n) is 2.56. The van der Waals surface area contributed by atoms with Crippen molar-refractivity contribution < 1.29 is 4.74 Å². The average molecular weight is 285 g/mol. The van der Waals surface area contributed by atoms with Crippen molar-refractivity contribution in [2.75, 3.05) is 7.05 Å². The number of hydrogen-bond donors (Lipinski definition) is 1. The highest BCUT2D eigenvalue weighted by atomic mass is 16.5. The van der Waals surface area contributed by atoms with Crippen molar-refractivity contribution >= 4 is 0 Å². The summed E-state index contributed by atoms with van der Waals surface area (Å²) in [6, 6.07) is 7.29. The molecule has 0 bridgehead atoms. The summed E-state index contributed by atoms with van der Waals surface area (Å²) in [5.41, 5.74) is 3.57. The van der Waals surface area contributed by atoms with Crippen molar-refractivity contribution in [1.82, 2.24) is 14.9 Å². The molecule has 1 aromatic heterocycles. The monoisotopic (exact) mass is 285 g/mol. The van der Waals surface area contributed by atoms with Gasteiger partial charge in [-0.3, -0.25) is 0 Å². The average Bonchev–Trinajstić information content (AvgIpc) is 3.23. The lowest BCUT2D eigenvalue weighted by atomic mass is 10.1. The zero-order valence-corrected chi connectivity index (χ0v) is 13.0. The van der Waals surface area contributed by atoms with E-state index in [4.69, 9.17) is 4.74 Å². The van der Waals surface area contributed by atoms with Crippen molar-refractivity contribution in [2.24, 2.45) is 0 Å². The summed E-state index contributed by atoms with van der Waals surface area (Å²) in [5.74, 6) is 0.959. The summed E-state index contributed by atoms with van der Waals surface area (Å²) in [6.07, 6.45) is 6.35. The van der Waals surface area contributed by atoms with Gasteiger partial charge in [-0.15, -0.1) is 0 Å². The van der Waals surface area contributed by atoms with Crippen molar-refractivity contribution in [3.05, 3.63) is 47.5 Å². The Morgan fingerprint density at radius 3 is 2.95 bits per heavy atom. The first kappa shape index (κ1) is 14.1. The van der Waals surface area contributed by atoms with Crippen LogP contribution in [0.3, 0.4) is 0 Å². The zero-order valence-electron chi connectivity index (χ0n) is 13.0. The predicted molar refractivity (Wildman–Crippen MR) is 83.5 cm³/mol. The number of aromatic nitrogens is 2. The van der Waals surface area contributed by atoms with Crippen LogP contribution in [0, 0.1) is 6.92 Å². The maximum Gasteiger partial charge on any atom is 0.130 e. The smallest absolute Gasteiger partial charge is 0.130 e. The molecule has 21 heavy (non-hydrogen) atoms. The molecule has 1 atom stereocenters. The van der Waals surface area contributed by atoms with E-state index in [0.29, 0.717) is 12.6 Å². The molecule has 1 N–H and O–H groups in total. The number of benzene rings is 1. The molecule has 3 rings (SSSR count).